The van der Waals surface area contributed by atoms with Gasteiger partial charge in [-0.25, -0.2) is 0 Å². The average molecular weight is 848 g/mol. The van der Waals surface area contributed by atoms with Crippen molar-refractivity contribution in [1.29, 1.82) is 0 Å². The zero-order chi connectivity index (χ0) is 45.0. The summed E-state index contributed by atoms with van der Waals surface area (Å²) in [4.78, 5) is 2.47. The van der Waals surface area contributed by atoms with E-state index in [1.807, 2.05) is 0 Å². The Bertz CT molecular complexity index is 3530. The molecule has 2 aliphatic rings. The van der Waals surface area contributed by atoms with Crippen molar-refractivity contribution in [3.63, 3.8) is 0 Å². The van der Waals surface area contributed by atoms with Crippen LogP contribution in [0.15, 0.2) is 212 Å². The highest BCUT2D eigenvalue weighted by Gasteiger charge is 2.51. The van der Waals surface area contributed by atoms with Crippen molar-refractivity contribution in [2.24, 2.45) is 0 Å². The molecule has 1 spiro atoms. The molecule has 0 saturated heterocycles. The SMILES string of the molecule is CC(C)(C)c1cc2c(c3ccccc13)-c1cccc3c(C(C)(C)C)ccc(c13)C21c2ccccc2-c2ccc(N(c3ccc(-c4ccccc4)cc3)c3cccc(-c4ccccc4)c3)cc21. The van der Waals surface area contributed by atoms with Gasteiger partial charge in [-0.3, -0.25) is 0 Å². The van der Waals surface area contributed by atoms with E-state index >= 15 is 0 Å². The lowest BCUT2D eigenvalue weighted by molar-refractivity contribution is 0.592. The summed E-state index contributed by atoms with van der Waals surface area (Å²) in [5, 5.41) is 5.35. The Morgan fingerprint density at radius 3 is 1.59 bits per heavy atom. The Labute approximate surface area is 389 Å². The standard InChI is InChI=1S/C65H53N/c1-63(2,3)55-37-38-57-62-53(55)28-18-29-54(62)61-52-27-14-13-26-50(52)58(64(4,5)6)41-60(61)65(57)56-30-16-15-25-49(56)51-36-35-48(40-59(51)65)66(46-33-31-44(32-34-46)42-19-9-7-10-20-42)47-24-17-23-45(39-47)43-21-11-8-12-22-43/h7-41H,1-6H3. The molecule has 1 heteroatoms. The molecule has 0 saturated carbocycles. The number of hydrogen-bond donors (Lipinski definition) is 0. The second-order valence-electron chi connectivity index (χ2n) is 20.5. The van der Waals surface area contributed by atoms with Crippen LogP contribution in [0.3, 0.4) is 0 Å². The van der Waals surface area contributed by atoms with E-state index in [9.17, 15) is 0 Å². The van der Waals surface area contributed by atoms with Crippen molar-refractivity contribution in [1.82, 2.24) is 0 Å². The number of benzene rings is 10. The lowest BCUT2D eigenvalue weighted by Gasteiger charge is -2.42. The molecular weight excluding hydrogens is 795 g/mol. The van der Waals surface area contributed by atoms with Crippen molar-refractivity contribution >= 4 is 38.6 Å². The van der Waals surface area contributed by atoms with Gasteiger partial charge in [0.2, 0.25) is 0 Å². The molecule has 1 unspecified atom stereocenters. The van der Waals surface area contributed by atoms with Gasteiger partial charge in [0.05, 0.1) is 5.41 Å². The van der Waals surface area contributed by atoms with Crippen LogP contribution in [0.4, 0.5) is 17.1 Å². The molecule has 318 valence electrons. The Hall–Kier alpha value is -7.48. The van der Waals surface area contributed by atoms with Crippen LogP contribution in [0.25, 0.3) is 66.1 Å². The Kier molecular flexibility index (Phi) is 8.97. The zero-order valence-electron chi connectivity index (χ0n) is 38.7. The molecule has 2 aliphatic carbocycles. The fourth-order valence-corrected chi connectivity index (χ4v) is 11.6. The minimum atomic E-state index is -0.612. The molecule has 0 aromatic heterocycles. The van der Waals surface area contributed by atoms with Crippen molar-refractivity contribution in [3.8, 4) is 44.5 Å². The van der Waals surface area contributed by atoms with Crippen LogP contribution in [0.1, 0.15) is 74.9 Å². The monoisotopic (exact) mass is 847 g/mol. The maximum Gasteiger partial charge on any atom is 0.0726 e. The highest BCUT2D eigenvalue weighted by molar-refractivity contribution is 6.15. The highest BCUT2D eigenvalue weighted by Crippen LogP contribution is 2.64. The summed E-state index contributed by atoms with van der Waals surface area (Å²) in [6.07, 6.45) is 0. The van der Waals surface area contributed by atoms with Gasteiger partial charge < -0.3 is 4.90 Å². The predicted molar refractivity (Wildman–Crippen MR) is 281 cm³/mol. The molecule has 0 heterocycles. The first-order valence-corrected chi connectivity index (χ1v) is 23.5. The molecule has 10 aromatic rings. The minimum absolute atomic E-state index is 0.0493. The van der Waals surface area contributed by atoms with Gasteiger partial charge in [-0.1, -0.05) is 217 Å². The molecule has 10 aromatic carbocycles. The zero-order valence-corrected chi connectivity index (χ0v) is 38.7. The molecule has 0 radical (unpaired) electrons. The first-order chi connectivity index (χ1) is 32.0. The Balaban J connectivity index is 1.19. The van der Waals surface area contributed by atoms with Crippen molar-refractivity contribution in [2.45, 2.75) is 57.8 Å². The van der Waals surface area contributed by atoms with E-state index in [2.05, 4.69) is 259 Å². The van der Waals surface area contributed by atoms with Gasteiger partial charge in [-0.2, -0.15) is 0 Å². The second kappa shape index (κ2) is 14.8. The van der Waals surface area contributed by atoms with E-state index in [0.29, 0.717) is 0 Å². The summed E-state index contributed by atoms with van der Waals surface area (Å²) in [5.41, 5.74) is 20.8. The van der Waals surface area contributed by atoms with Crippen LogP contribution in [-0.4, -0.2) is 0 Å². The van der Waals surface area contributed by atoms with E-state index in [-0.39, 0.29) is 10.8 Å². The van der Waals surface area contributed by atoms with E-state index < -0.39 is 5.41 Å². The third kappa shape index (κ3) is 5.99. The summed E-state index contributed by atoms with van der Waals surface area (Å²) in [7, 11) is 0. The van der Waals surface area contributed by atoms with E-state index in [1.54, 1.807) is 0 Å². The minimum Gasteiger partial charge on any atom is -0.310 e. The van der Waals surface area contributed by atoms with E-state index in [0.717, 1.165) is 17.1 Å². The predicted octanol–water partition coefficient (Wildman–Crippen LogP) is 17.7. The van der Waals surface area contributed by atoms with Gasteiger partial charge >= 0.3 is 0 Å². The first-order valence-electron chi connectivity index (χ1n) is 23.5. The molecule has 0 N–H and O–H groups in total. The molecule has 0 aliphatic heterocycles. The molecule has 1 nitrogen and oxygen atoms in total. The Morgan fingerprint density at radius 1 is 0.318 bits per heavy atom. The molecule has 1 atom stereocenters. The quantitative estimate of drug-likeness (QED) is 0.167. The molecule has 66 heavy (non-hydrogen) atoms. The summed E-state index contributed by atoms with van der Waals surface area (Å²) >= 11 is 0. The molecule has 0 fully saturated rings. The highest BCUT2D eigenvalue weighted by atomic mass is 15.1. The van der Waals surface area contributed by atoms with Gasteiger partial charge in [-0.15, -0.1) is 0 Å². The molecule has 0 amide bonds. The number of hydrogen-bond acceptors (Lipinski definition) is 1. The lowest BCUT2D eigenvalue weighted by atomic mass is 9.59. The lowest BCUT2D eigenvalue weighted by Crippen LogP contribution is -2.33. The Morgan fingerprint density at radius 2 is 0.864 bits per heavy atom. The number of rotatable bonds is 5. The molecule has 12 rings (SSSR count). The maximum atomic E-state index is 2.61. The van der Waals surface area contributed by atoms with Gasteiger partial charge in [0.15, 0.2) is 0 Å². The van der Waals surface area contributed by atoms with E-state index in [1.165, 1.54) is 99.4 Å². The summed E-state index contributed by atoms with van der Waals surface area (Å²) in [6.45, 7) is 14.2. The van der Waals surface area contributed by atoms with Crippen LogP contribution < -0.4 is 4.90 Å². The second-order valence-corrected chi connectivity index (χ2v) is 20.5. The first kappa shape index (κ1) is 40.1. The van der Waals surface area contributed by atoms with Gasteiger partial charge in [0.1, 0.15) is 0 Å². The molecule has 0 bridgehead atoms. The molecular formula is C65H53N. The van der Waals surface area contributed by atoms with E-state index in [4.69, 9.17) is 0 Å². The summed E-state index contributed by atoms with van der Waals surface area (Å²) in [6, 6.07) is 80.0. The van der Waals surface area contributed by atoms with Crippen molar-refractivity contribution in [2.75, 3.05) is 4.90 Å². The van der Waals surface area contributed by atoms with Crippen LogP contribution in [0.2, 0.25) is 0 Å². The summed E-state index contributed by atoms with van der Waals surface area (Å²) in [5.74, 6) is 0. The van der Waals surface area contributed by atoms with Gasteiger partial charge in [0.25, 0.3) is 0 Å². The van der Waals surface area contributed by atoms with Crippen LogP contribution in [-0.2, 0) is 16.2 Å². The van der Waals surface area contributed by atoms with Gasteiger partial charge in [0, 0.05) is 17.1 Å². The van der Waals surface area contributed by atoms with Crippen LogP contribution in [0.5, 0.6) is 0 Å². The van der Waals surface area contributed by atoms with Crippen molar-refractivity contribution in [3.05, 3.63) is 246 Å². The smallest absolute Gasteiger partial charge is 0.0726 e. The number of nitrogens with zero attached hydrogens (tertiary/aromatic N) is 1. The maximum absolute atomic E-state index is 2.61. The number of fused-ring (bicyclic) bond motifs is 11. The fourth-order valence-electron chi connectivity index (χ4n) is 11.6. The fraction of sp³-hybridized carbons (Fsp3) is 0.138. The average Bonchev–Trinajstić information content (AvgIpc) is 3.62. The van der Waals surface area contributed by atoms with Crippen LogP contribution >= 0.6 is 0 Å². The van der Waals surface area contributed by atoms with Gasteiger partial charge in [-0.05, 0) is 147 Å². The normalized spacial score (nSPS) is 14.9. The number of anilines is 3. The third-order valence-electron chi connectivity index (χ3n) is 14.5. The third-order valence-corrected chi connectivity index (χ3v) is 14.5. The van der Waals surface area contributed by atoms with Crippen molar-refractivity contribution < 1.29 is 0 Å². The largest absolute Gasteiger partial charge is 0.310 e. The van der Waals surface area contributed by atoms with Crippen LogP contribution in [0, 0.1) is 0 Å². The topological polar surface area (TPSA) is 3.24 Å². The summed E-state index contributed by atoms with van der Waals surface area (Å²) < 4.78 is 0.